The van der Waals surface area contributed by atoms with E-state index < -0.39 is 5.97 Å². The molecule has 0 aromatic carbocycles. The number of nitrogens with zero attached hydrogens (tertiary/aromatic N) is 2. The predicted molar refractivity (Wildman–Crippen MR) is 83.7 cm³/mol. The van der Waals surface area contributed by atoms with E-state index in [2.05, 4.69) is 20.9 Å². The van der Waals surface area contributed by atoms with Crippen molar-refractivity contribution in [2.45, 2.75) is 13.5 Å². The normalized spacial score (nSPS) is 10.4. The number of rotatable bonds is 4. The molecular formula is C14H13BrN2O3S. The zero-order chi connectivity index (χ0) is 15.6. The lowest BCUT2D eigenvalue weighted by molar-refractivity contribution is 0.0693. The molecule has 2 heterocycles. The summed E-state index contributed by atoms with van der Waals surface area (Å²) < 4.78 is 0.989. The molecule has 110 valence electrons. The molecule has 0 unspecified atom stereocenters. The molecule has 0 spiro atoms. The van der Waals surface area contributed by atoms with Crippen molar-refractivity contribution < 1.29 is 14.7 Å². The van der Waals surface area contributed by atoms with Gasteiger partial charge in [0, 0.05) is 21.8 Å². The standard InChI is InChI=1S/C14H13BrN2O3S/c1-8-11(14(19)20)3-4-12(16-8)13(18)17(2)6-10-5-9(15)7-21-10/h3-5,7H,6H2,1-2H3,(H,19,20). The number of carbonyl (C=O) groups excluding carboxylic acids is 1. The summed E-state index contributed by atoms with van der Waals surface area (Å²) in [6.07, 6.45) is 0. The van der Waals surface area contributed by atoms with E-state index in [1.54, 1.807) is 30.2 Å². The second kappa shape index (κ2) is 6.36. The Balaban J connectivity index is 2.15. The average Bonchev–Trinajstić information content (AvgIpc) is 2.82. The summed E-state index contributed by atoms with van der Waals surface area (Å²) >= 11 is 4.94. The number of aromatic nitrogens is 1. The summed E-state index contributed by atoms with van der Waals surface area (Å²) in [5.41, 5.74) is 0.688. The summed E-state index contributed by atoms with van der Waals surface area (Å²) in [5, 5.41) is 10.9. The van der Waals surface area contributed by atoms with Crippen molar-refractivity contribution in [2.24, 2.45) is 0 Å². The minimum Gasteiger partial charge on any atom is -0.478 e. The van der Waals surface area contributed by atoms with E-state index in [4.69, 9.17) is 5.11 Å². The van der Waals surface area contributed by atoms with Gasteiger partial charge in [-0.15, -0.1) is 11.3 Å². The van der Waals surface area contributed by atoms with Gasteiger partial charge < -0.3 is 10.0 Å². The van der Waals surface area contributed by atoms with Crippen molar-refractivity contribution in [1.82, 2.24) is 9.88 Å². The van der Waals surface area contributed by atoms with E-state index in [9.17, 15) is 9.59 Å². The van der Waals surface area contributed by atoms with Gasteiger partial charge in [0.15, 0.2) is 0 Å². The van der Waals surface area contributed by atoms with Crippen LogP contribution >= 0.6 is 27.3 Å². The fraction of sp³-hybridized carbons (Fsp3) is 0.214. The van der Waals surface area contributed by atoms with Crippen molar-refractivity contribution in [3.63, 3.8) is 0 Å². The fourth-order valence-corrected chi connectivity index (χ4v) is 3.35. The zero-order valence-corrected chi connectivity index (χ0v) is 13.9. The number of amides is 1. The highest BCUT2D eigenvalue weighted by Gasteiger charge is 2.17. The lowest BCUT2D eigenvalue weighted by Gasteiger charge is -2.16. The number of halogens is 1. The maximum absolute atomic E-state index is 12.3. The zero-order valence-electron chi connectivity index (χ0n) is 11.5. The monoisotopic (exact) mass is 368 g/mol. The molecule has 2 rings (SSSR count). The van der Waals surface area contributed by atoms with Gasteiger partial charge in [-0.25, -0.2) is 9.78 Å². The molecule has 2 aromatic heterocycles. The van der Waals surface area contributed by atoms with Crippen molar-refractivity contribution in [2.75, 3.05) is 7.05 Å². The van der Waals surface area contributed by atoms with Crippen LogP contribution in [0.4, 0.5) is 0 Å². The molecule has 0 saturated carbocycles. The smallest absolute Gasteiger partial charge is 0.337 e. The minimum atomic E-state index is -1.05. The molecule has 1 N–H and O–H groups in total. The SMILES string of the molecule is Cc1nc(C(=O)N(C)Cc2cc(Br)cs2)ccc1C(=O)O. The van der Waals surface area contributed by atoms with Gasteiger partial charge in [0.2, 0.25) is 0 Å². The molecule has 2 aromatic rings. The van der Waals surface area contributed by atoms with Gasteiger partial charge in [0.1, 0.15) is 5.69 Å². The van der Waals surface area contributed by atoms with Gasteiger partial charge in [-0.1, -0.05) is 0 Å². The number of hydrogen-bond acceptors (Lipinski definition) is 4. The Morgan fingerprint density at radius 2 is 2.14 bits per heavy atom. The molecule has 1 amide bonds. The molecule has 0 aliphatic rings. The Hall–Kier alpha value is -1.73. The molecule has 0 saturated heterocycles. The van der Waals surface area contributed by atoms with Crippen LogP contribution in [-0.2, 0) is 6.54 Å². The van der Waals surface area contributed by atoms with Crippen molar-refractivity contribution in [3.05, 3.63) is 49.9 Å². The average molecular weight is 369 g/mol. The first-order valence-corrected chi connectivity index (χ1v) is 7.75. The molecular weight excluding hydrogens is 356 g/mol. The Morgan fingerprint density at radius 3 is 2.67 bits per heavy atom. The number of carboxylic acid groups (broad SMARTS) is 1. The Labute approximate surface area is 134 Å². The van der Waals surface area contributed by atoms with E-state index in [1.165, 1.54) is 12.1 Å². The van der Waals surface area contributed by atoms with Crippen LogP contribution in [0.25, 0.3) is 0 Å². The Kier molecular flexibility index (Phi) is 4.74. The fourth-order valence-electron chi connectivity index (χ4n) is 1.84. The molecule has 7 heteroatoms. The van der Waals surface area contributed by atoms with Gasteiger partial charge in [0.05, 0.1) is 17.8 Å². The van der Waals surface area contributed by atoms with Crippen LogP contribution in [0.15, 0.2) is 28.1 Å². The maximum Gasteiger partial charge on any atom is 0.337 e. The van der Waals surface area contributed by atoms with E-state index in [0.717, 1.165) is 9.35 Å². The molecule has 21 heavy (non-hydrogen) atoms. The van der Waals surface area contributed by atoms with Gasteiger partial charge in [0.25, 0.3) is 5.91 Å². The molecule has 5 nitrogen and oxygen atoms in total. The first-order valence-electron chi connectivity index (χ1n) is 6.08. The summed E-state index contributed by atoms with van der Waals surface area (Å²) in [7, 11) is 1.69. The number of aromatic carboxylic acids is 1. The van der Waals surface area contributed by atoms with Crippen LogP contribution in [0.3, 0.4) is 0 Å². The van der Waals surface area contributed by atoms with Crippen LogP contribution in [-0.4, -0.2) is 33.9 Å². The van der Waals surface area contributed by atoms with E-state index >= 15 is 0 Å². The number of aryl methyl sites for hydroxylation is 1. The summed E-state index contributed by atoms with van der Waals surface area (Å²) in [4.78, 5) is 29.9. The molecule has 0 radical (unpaired) electrons. The molecule has 0 bridgehead atoms. The Bertz CT molecular complexity index is 699. The molecule has 0 atom stereocenters. The Morgan fingerprint density at radius 1 is 1.43 bits per heavy atom. The maximum atomic E-state index is 12.3. The number of carboxylic acids is 1. The summed E-state index contributed by atoms with van der Waals surface area (Å²) in [5.74, 6) is -1.28. The predicted octanol–water partition coefficient (Wildman–Crippen LogP) is 3.18. The van der Waals surface area contributed by atoms with Crippen molar-refractivity contribution in [1.29, 1.82) is 0 Å². The summed E-state index contributed by atoms with van der Waals surface area (Å²) in [6, 6.07) is 4.81. The van der Waals surface area contributed by atoms with Crippen LogP contribution in [0, 0.1) is 6.92 Å². The highest BCUT2D eigenvalue weighted by Crippen LogP contribution is 2.21. The number of carbonyl (C=O) groups is 2. The van der Waals surface area contributed by atoms with Crippen LogP contribution < -0.4 is 0 Å². The van der Waals surface area contributed by atoms with E-state index in [1.807, 2.05) is 11.4 Å². The first kappa shape index (κ1) is 15.7. The quantitative estimate of drug-likeness (QED) is 0.899. The van der Waals surface area contributed by atoms with E-state index in [0.29, 0.717) is 12.2 Å². The van der Waals surface area contributed by atoms with Gasteiger partial charge in [-0.2, -0.15) is 0 Å². The van der Waals surface area contributed by atoms with Crippen LogP contribution in [0.5, 0.6) is 0 Å². The third kappa shape index (κ3) is 3.68. The third-order valence-corrected chi connectivity index (χ3v) is 4.58. The highest BCUT2D eigenvalue weighted by atomic mass is 79.9. The van der Waals surface area contributed by atoms with Crippen molar-refractivity contribution in [3.8, 4) is 0 Å². The second-order valence-corrected chi connectivity index (χ2v) is 6.44. The van der Waals surface area contributed by atoms with Gasteiger partial charge in [-0.05, 0) is 41.1 Å². The van der Waals surface area contributed by atoms with Crippen molar-refractivity contribution >= 4 is 39.1 Å². The summed E-state index contributed by atoms with van der Waals surface area (Å²) in [6.45, 7) is 2.06. The number of hydrogen-bond donors (Lipinski definition) is 1. The van der Waals surface area contributed by atoms with Gasteiger partial charge >= 0.3 is 5.97 Å². The lowest BCUT2D eigenvalue weighted by Crippen LogP contribution is -2.27. The molecule has 0 aliphatic heterocycles. The van der Waals surface area contributed by atoms with Gasteiger partial charge in [-0.3, -0.25) is 4.79 Å². The molecule has 0 fully saturated rings. The molecule has 0 aliphatic carbocycles. The number of thiophene rings is 1. The minimum absolute atomic E-state index is 0.108. The third-order valence-electron chi connectivity index (χ3n) is 2.90. The van der Waals surface area contributed by atoms with E-state index in [-0.39, 0.29) is 17.2 Å². The largest absolute Gasteiger partial charge is 0.478 e. The van der Waals surface area contributed by atoms with Crippen LogP contribution in [0.1, 0.15) is 31.4 Å². The second-order valence-electron chi connectivity index (χ2n) is 4.53. The first-order chi connectivity index (χ1) is 9.88. The topological polar surface area (TPSA) is 70.5 Å². The van der Waals surface area contributed by atoms with Crippen LogP contribution in [0.2, 0.25) is 0 Å². The highest BCUT2D eigenvalue weighted by molar-refractivity contribution is 9.10. The lowest BCUT2D eigenvalue weighted by atomic mass is 10.2. The number of pyridine rings is 1.